The van der Waals surface area contributed by atoms with Gasteiger partial charge in [0.15, 0.2) is 5.60 Å². The number of nitrogens with zero attached hydrogens (tertiary/aromatic N) is 3. The molecule has 1 aromatic heterocycles. The maximum Gasteiger partial charge on any atom is 0.279 e. The van der Waals surface area contributed by atoms with Gasteiger partial charge in [0.25, 0.3) is 11.5 Å². The van der Waals surface area contributed by atoms with E-state index in [0.717, 1.165) is 22.4 Å². The van der Waals surface area contributed by atoms with Gasteiger partial charge in [-0.15, -0.1) is 0 Å². The number of amides is 1. The Balaban J connectivity index is 1.49. The summed E-state index contributed by atoms with van der Waals surface area (Å²) in [6, 6.07) is 21.1. The van der Waals surface area contributed by atoms with Crippen LogP contribution in [-0.4, -0.2) is 55.7 Å². The van der Waals surface area contributed by atoms with Gasteiger partial charge in [-0.3, -0.25) is 9.59 Å². The summed E-state index contributed by atoms with van der Waals surface area (Å²) in [4.78, 5) is 29.3. The monoisotopic (exact) mass is 569 g/mol. The van der Waals surface area contributed by atoms with Gasteiger partial charge in [0.2, 0.25) is 0 Å². The molecule has 6 rings (SSSR count). The highest BCUT2D eigenvalue weighted by atomic mass is 28.3. The topological polar surface area (TPSA) is 93.9 Å². The Morgan fingerprint density at radius 1 is 1.07 bits per heavy atom. The van der Waals surface area contributed by atoms with Crippen LogP contribution in [0, 0.1) is 5.92 Å². The Labute approximate surface area is 240 Å². The molecule has 8 nitrogen and oxygen atoms in total. The number of carbonyl (C=O) groups is 1. The molecule has 3 aromatic carbocycles. The van der Waals surface area contributed by atoms with E-state index < -0.39 is 13.7 Å². The molecule has 3 heterocycles. The van der Waals surface area contributed by atoms with Gasteiger partial charge in [0, 0.05) is 30.5 Å². The maximum atomic E-state index is 14.2. The van der Waals surface area contributed by atoms with Crippen molar-refractivity contribution in [3.8, 4) is 11.4 Å². The van der Waals surface area contributed by atoms with Gasteiger partial charge in [0.05, 0.1) is 44.2 Å². The number of aromatic nitrogens is 2. The summed E-state index contributed by atoms with van der Waals surface area (Å²) in [6.45, 7) is 6.68. The minimum atomic E-state index is -2.26. The van der Waals surface area contributed by atoms with Gasteiger partial charge in [-0.05, 0) is 48.4 Å². The van der Waals surface area contributed by atoms with E-state index in [9.17, 15) is 14.7 Å². The van der Waals surface area contributed by atoms with Crippen LogP contribution >= 0.6 is 0 Å². The van der Waals surface area contributed by atoms with Crippen LogP contribution in [-0.2, 0) is 15.1 Å². The second kappa shape index (κ2) is 9.94. The summed E-state index contributed by atoms with van der Waals surface area (Å²) in [5, 5.41) is 17.1. The van der Waals surface area contributed by atoms with Crippen LogP contribution in [0.15, 0.2) is 77.7 Å². The fourth-order valence-electron chi connectivity index (χ4n) is 7.21. The Hall–Kier alpha value is -3.79. The zero-order valence-electron chi connectivity index (χ0n) is 24.0. The van der Waals surface area contributed by atoms with E-state index in [4.69, 9.17) is 9.47 Å². The number of carbonyl (C=O) groups excluding carboxylic acids is 1. The molecule has 2 aliphatic rings. The Bertz CT molecular complexity index is 1700. The van der Waals surface area contributed by atoms with Gasteiger partial charge < -0.3 is 19.5 Å². The highest BCUT2D eigenvalue weighted by molar-refractivity contribution is 6.91. The van der Waals surface area contributed by atoms with Crippen molar-refractivity contribution in [1.29, 1.82) is 0 Å². The molecule has 0 bridgehead atoms. The Morgan fingerprint density at radius 3 is 2.51 bits per heavy atom. The summed E-state index contributed by atoms with van der Waals surface area (Å²) in [5.74, 6) is 0.487. The molecule has 1 spiro atoms. The molecule has 9 heteroatoms. The summed E-state index contributed by atoms with van der Waals surface area (Å²) in [5.41, 5.74) is 0.651. The first-order chi connectivity index (χ1) is 19.6. The lowest BCUT2D eigenvalue weighted by atomic mass is 9.82. The highest BCUT2D eigenvalue weighted by Gasteiger charge is 2.65. The fourth-order valence-corrected chi connectivity index (χ4v) is 11.3. The third-order valence-corrected chi connectivity index (χ3v) is 13.7. The molecule has 4 atom stereocenters. The number of aliphatic hydroxyl groups is 1. The maximum absolute atomic E-state index is 14.2. The first-order valence-corrected chi connectivity index (χ1v) is 17.1. The van der Waals surface area contributed by atoms with E-state index in [-0.39, 0.29) is 35.6 Å². The van der Waals surface area contributed by atoms with Gasteiger partial charge in [-0.25, -0.2) is 0 Å². The predicted molar refractivity (Wildman–Crippen MR) is 162 cm³/mol. The molecule has 212 valence electrons. The zero-order valence-corrected chi connectivity index (χ0v) is 25.0. The number of benzene rings is 3. The van der Waals surface area contributed by atoms with Crippen LogP contribution in [0.3, 0.4) is 0 Å². The van der Waals surface area contributed by atoms with E-state index in [1.807, 2.05) is 48.5 Å². The molecule has 1 fully saturated rings. The molecule has 0 unspecified atom stereocenters. The number of likely N-dealkylation sites (N-methyl/N-ethyl adjacent to an activating group) is 1. The number of anilines is 1. The average Bonchev–Trinajstić information content (AvgIpc) is 3.39. The minimum Gasteiger partial charge on any atom is -0.497 e. The van der Waals surface area contributed by atoms with Crippen LogP contribution in [0.2, 0.25) is 18.6 Å². The molecule has 0 aliphatic carbocycles. The van der Waals surface area contributed by atoms with Crippen molar-refractivity contribution in [3.05, 3.63) is 88.8 Å². The molecule has 0 saturated carbocycles. The third-order valence-electron chi connectivity index (χ3n) is 9.30. The van der Waals surface area contributed by atoms with E-state index in [2.05, 4.69) is 37.2 Å². The lowest BCUT2D eigenvalue weighted by Crippen LogP contribution is -2.51. The normalized spacial score (nSPS) is 23.9. The quantitative estimate of drug-likeness (QED) is 0.353. The third kappa shape index (κ3) is 3.98. The molecule has 41 heavy (non-hydrogen) atoms. The minimum absolute atomic E-state index is 0.0373. The smallest absolute Gasteiger partial charge is 0.279 e. The number of hydrogen-bond acceptors (Lipinski definition) is 6. The standard InChI is InChI=1S/C32H35N3O5Si/c1-20-29(41(4,5)24-13-11-23(39-3)12-14-24)28(16-17-36)40-32(20)26-18-22(10-15-27(26)34(2)31(32)38)35-30(37)25-9-7-6-8-21(25)19-33-35/h6-15,18-20,28-29,36H,16-17H2,1-5H3/t20-,28+,29-,32+/m0/s1. The number of hydrogen-bond donors (Lipinski definition) is 1. The highest BCUT2D eigenvalue weighted by Crippen LogP contribution is 2.59. The van der Waals surface area contributed by atoms with Crippen molar-refractivity contribution in [1.82, 2.24) is 9.78 Å². The molecule has 1 amide bonds. The van der Waals surface area contributed by atoms with Gasteiger partial charge in [-0.1, -0.05) is 55.5 Å². The molecule has 0 radical (unpaired) electrons. The number of rotatable bonds is 6. The Kier molecular flexibility index (Phi) is 6.64. The van der Waals surface area contributed by atoms with Crippen LogP contribution < -0.4 is 20.4 Å². The van der Waals surface area contributed by atoms with Crippen molar-refractivity contribution in [2.24, 2.45) is 5.92 Å². The Morgan fingerprint density at radius 2 is 1.80 bits per heavy atom. The zero-order chi connectivity index (χ0) is 29.1. The second-order valence-electron chi connectivity index (χ2n) is 11.7. The van der Waals surface area contributed by atoms with E-state index in [0.29, 0.717) is 17.5 Å². The number of fused-ring (bicyclic) bond motifs is 3. The summed E-state index contributed by atoms with van der Waals surface area (Å²) < 4.78 is 13.7. The first-order valence-electron chi connectivity index (χ1n) is 14.0. The van der Waals surface area contributed by atoms with E-state index in [1.54, 1.807) is 31.3 Å². The first kappa shape index (κ1) is 27.4. The van der Waals surface area contributed by atoms with Gasteiger partial charge in [0.1, 0.15) is 5.75 Å². The lowest BCUT2D eigenvalue weighted by molar-refractivity contribution is -0.145. The second-order valence-corrected chi connectivity index (χ2v) is 16.4. The number of methoxy groups -OCH3 is 1. The largest absolute Gasteiger partial charge is 0.497 e. The molecular weight excluding hydrogens is 534 g/mol. The number of aliphatic hydroxyl groups excluding tert-OH is 1. The van der Waals surface area contributed by atoms with Crippen molar-refractivity contribution in [3.63, 3.8) is 0 Å². The molecule has 1 N–H and O–H groups in total. The van der Waals surface area contributed by atoms with Gasteiger partial charge in [-0.2, -0.15) is 9.78 Å². The lowest BCUT2D eigenvalue weighted by Gasteiger charge is -2.37. The van der Waals surface area contributed by atoms with Crippen LogP contribution in [0.25, 0.3) is 16.5 Å². The molecule has 2 aliphatic heterocycles. The SMILES string of the molecule is COc1ccc([Si](C)(C)[C@@H]2[C@@H](CCO)O[C@]3(C(=O)N(C)c4ccc(-n5ncc6ccccc6c5=O)cc43)[C@H]2C)cc1. The summed E-state index contributed by atoms with van der Waals surface area (Å²) >= 11 is 0. The molecular formula is C32H35N3O5Si. The van der Waals surface area contributed by atoms with Crippen molar-refractivity contribution < 1.29 is 19.4 Å². The van der Waals surface area contributed by atoms with Crippen molar-refractivity contribution >= 4 is 35.6 Å². The summed E-state index contributed by atoms with van der Waals surface area (Å²) in [6.07, 6.45) is 1.80. The number of ether oxygens (including phenoxy) is 2. The summed E-state index contributed by atoms with van der Waals surface area (Å²) in [7, 11) is 1.17. The molecule has 4 aromatic rings. The van der Waals surface area contributed by atoms with Crippen molar-refractivity contribution in [2.45, 2.75) is 43.7 Å². The molecule has 1 saturated heterocycles. The van der Waals surface area contributed by atoms with Crippen LogP contribution in [0.5, 0.6) is 5.75 Å². The van der Waals surface area contributed by atoms with E-state index in [1.165, 1.54) is 9.87 Å². The van der Waals surface area contributed by atoms with Crippen molar-refractivity contribution in [2.75, 3.05) is 25.7 Å². The fraction of sp³-hybridized carbons (Fsp3) is 0.344. The van der Waals surface area contributed by atoms with Gasteiger partial charge >= 0.3 is 0 Å². The van der Waals surface area contributed by atoms with Crippen LogP contribution in [0.1, 0.15) is 18.9 Å². The predicted octanol–water partition coefficient (Wildman–Crippen LogP) is 3.97. The van der Waals surface area contributed by atoms with E-state index >= 15 is 0 Å². The average molecular weight is 570 g/mol. The van der Waals surface area contributed by atoms with Crippen LogP contribution in [0.4, 0.5) is 5.69 Å².